The molecule has 2 aromatic carbocycles. The Morgan fingerprint density at radius 2 is 1.61 bits per heavy atom. The van der Waals surface area contributed by atoms with E-state index >= 15 is 0 Å². The molecule has 4 nitrogen and oxygen atoms in total. The molecule has 0 heterocycles. The minimum Gasteiger partial charge on any atom is -0.345 e. The lowest BCUT2D eigenvalue weighted by molar-refractivity contribution is -0.140. The summed E-state index contributed by atoms with van der Waals surface area (Å²) in [5.41, 5.74) is -0.944. The van der Waals surface area contributed by atoms with E-state index in [-0.39, 0.29) is 28.4 Å². The highest BCUT2D eigenvalue weighted by Gasteiger charge is 2.52. The third-order valence-corrected chi connectivity index (χ3v) is 7.90. The SMILES string of the molecule is O=C(NC1(C(=O)NCC(F)(F)F)CC1)c1ccc(/C=C/C(c2ccc(Br)c(Br)c2)C(F)(F)F)cc1Br. The summed E-state index contributed by atoms with van der Waals surface area (Å²) in [6, 6.07) is 8.44. The lowest BCUT2D eigenvalue weighted by Gasteiger charge is -2.19. The van der Waals surface area contributed by atoms with Crippen LogP contribution in [-0.4, -0.2) is 36.3 Å². The first-order valence-corrected chi connectivity index (χ1v) is 12.7. The molecular weight excluding hydrogens is 690 g/mol. The Labute approximate surface area is 227 Å². The highest BCUT2D eigenvalue weighted by Crippen LogP contribution is 2.39. The highest BCUT2D eigenvalue weighted by molar-refractivity contribution is 9.13. The maximum absolute atomic E-state index is 13.7. The van der Waals surface area contributed by atoms with Crippen LogP contribution in [0.4, 0.5) is 26.3 Å². The summed E-state index contributed by atoms with van der Waals surface area (Å²) in [5.74, 6) is -3.51. The molecule has 1 atom stereocenters. The topological polar surface area (TPSA) is 58.2 Å². The average molecular weight is 707 g/mol. The van der Waals surface area contributed by atoms with E-state index in [9.17, 15) is 35.9 Å². The van der Waals surface area contributed by atoms with Gasteiger partial charge in [0.05, 0.1) is 11.5 Å². The molecule has 2 amide bonds. The molecular formula is C23H17Br3F6N2O2. The Morgan fingerprint density at radius 1 is 0.944 bits per heavy atom. The molecule has 1 saturated carbocycles. The van der Waals surface area contributed by atoms with Gasteiger partial charge in [0.15, 0.2) is 0 Å². The van der Waals surface area contributed by atoms with Gasteiger partial charge in [-0.05, 0) is 96.0 Å². The van der Waals surface area contributed by atoms with Crippen molar-refractivity contribution in [2.75, 3.05) is 6.54 Å². The first kappa shape index (κ1) is 28.7. The molecule has 2 N–H and O–H groups in total. The summed E-state index contributed by atoms with van der Waals surface area (Å²) in [4.78, 5) is 24.8. The zero-order valence-corrected chi connectivity index (χ0v) is 22.8. The van der Waals surface area contributed by atoms with E-state index in [1.807, 2.05) is 0 Å². The normalized spacial score (nSPS) is 16.0. The van der Waals surface area contributed by atoms with Crippen LogP contribution in [0.5, 0.6) is 0 Å². The van der Waals surface area contributed by atoms with Crippen molar-refractivity contribution < 1.29 is 35.9 Å². The zero-order valence-electron chi connectivity index (χ0n) is 18.0. The van der Waals surface area contributed by atoms with Gasteiger partial charge in [0, 0.05) is 13.4 Å². The Morgan fingerprint density at radius 3 is 2.14 bits per heavy atom. The molecule has 0 aliphatic heterocycles. The van der Waals surface area contributed by atoms with Crippen LogP contribution in [0.2, 0.25) is 0 Å². The monoisotopic (exact) mass is 704 g/mol. The van der Waals surface area contributed by atoms with Gasteiger partial charge >= 0.3 is 12.4 Å². The Kier molecular flexibility index (Phi) is 8.66. The van der Waals surface area contributed by atoms with Crippen molar-refractivity contribution in [3.63, 3.8) is 0 Å². The maximum atomic E-state index is 13.7. The number of nitrogens with one attached hydrogen (secondary N) is 2. The van der Waals surface area contributed by atoms with E-state index < -0.39 is 42.2 Å². The largest absolute Gasteiger partial charge is 0.405 e. The second-order valence-electron chi connectivity index (χ2n) is 8.13. The number of carbonyl (C=O) groups is 2. The molecule has 1 unspecified atom stereocenters. The third kappa shape index (κ3) is 7.34. The predicted octanol–water partition coefficient (Wildman–Crippen LogP) is 7.27. The molecule has 2 aromatic rings. The van der Waals surface area contributed by atoms with Gasteiger partial charge in [-0.25, -0.2) is 0 Å². The van der Waals surface area contributed by atoms with Gasteiger partial charge in [0.25, 0.3) is 5.91 Å². The number of hydrogen-bond acceptors (Lipinski definition) is 2. The standard InChI is InChI=1S/C23H17Br3F6N2O2/c24-16-6-3-13(10-18(16)26)15(23(30,31)32)5-2-12-1-4-14(17(25)9-12)19(35)34-21(7-8-21)20(36)33-11-22(27,28)29/h1-6,9-10,15H,7-8,11H2,(H,33,36)(H,34,35)/b5-2+. The number of carbonyl (C=O) groups excluding carboxylic acids is 2. The fourth-order valence-electron chi connectivity index (χ4n) is 3.31. The second kappa shape index (κ2) is 10.9. The molecule has 1 aliphatic rings. The summed E-state index contributed by atoms with van der Waals surface area (Å²) >= 11 is 9.63. The molecule has 3 rings (SSSR count). The third-order valence-electron chi connectivity index (χ3n) is 5.36. The number of amides is 2. The average Bonchev–Trinajstić information content (AvgIpc) is 3.53. The summed E-state index contributed by atoms with van der Waals surface area (Å²) in [5, 5.41) is 4.23. The van der Waals surface area contributed by atoms with Crippen LogP contribution in [0.1, 0.15) is 40.2 Å². The van der Waals surface area contributed by atoms with Crippen molar-refractivity contribution in [2.24, 2.45) is 0 Å². The van der Waals surface area contributed by atoms with E-state index in [2.05, 4.69) is 53.1 Å². The fraction of sp³-hybridized carbons (Fsp3) is 0.304. The fourth-order valence-corrected chi connectivity index (χ4v) is 4.53. The maximum Gasteiger partial charge on any atom is 0.405 e. The summed E-state index contributed by atoms with van der Waals surface area (Å²) in [6.07, 6.45) is -6.49. The van der Waals surface area contributed by atoms with Gasteiger partial charge in [-0.15, -0.1) is 0 Å². The molecule has 1 aliphatic carbocycles. The number of rotatable bonds is 7. The number of allylic oxidation sites excluding steroid dienone is 1. The van der Waals surface area contributed by atoms with Gasteiger partial charge < -0.3 is 10.6 Å². The minimum atomic E-state index is -4.58. The van der Waals surface area contributed by atoms with Crippen molar-refractivity contribution in [1.29, 1.82) is 0 Å². The number of benzene rings is 2. The molecule has 0 aromatic heterocycles. The van der Waals surface area contributed by atoms with E-state index in [1.165, 1.54) is 42.5 Å². The van der Waals surface area contributed by atoms with Crippen molar-refractivity contribution >= 4 is 65.7 Å². The quantitative estimate of drug-likeness (QED) is 0.298. The second-order valence-corrected chi connectivity index (χ2v) is 10.7. The molecule has 0 bridgehead atoms. The molecule has 0 spiro atoms. The van der Waals surface area contributed by atoms with Crippen molar-refractivity contribution in [3.05, 3.63) is 72.6 Å². The van der Waals surface area contributed by atoms with Crippen molar-refractivity contribution in [3.8, 4) is 0 Å². The van der Waals surface area contributed by atoms with Gasteiger partial charge in [0.2, 0.25) is 5.91 Å². The van der Waals surface area contributed by atoms with Crippen LogP contribution in [0.15, 0.2) is 55.9 Å². The molecule has 0 saturated heterocycles. The van der Waals surface area contributed by atoms with E-state index in [4.69, 9.17) is 0 Å². The Bertz CT molecular complexity index is 1190. The summed E-state index contributed by atoms with van der Waals surface area (Å²) in [7, 11) is 0. The van der Waals surface area contributed by atoms with Crippen LogP contribution in [0.3, 0.4) is 0 Å². The van der Waals surface area contributed by atoms with Crippen LogP contribution < -0.4 is 10.6 Å². The van der Waals surface area contributed by atoms with E-state index in [0.717, 1.165) is 6.08 Å². The Hall–Kier alpha value is -1.86. The van der Waals surface area contributed by atoms with Crippen LogP contribution in [0, 0.1) is 0 Å². The summed E-state index contributed by atoms with van der Waals surface area (Å²) < 4.78 is 79.5. The van der Waals surface area contributed by atoms with Gasteiger partial charge in [0.1, 0.15) is 12.1 Å². The van der Waals surface area contributed by atoms with Crippen molar-refractivity contribution in [1.82, 2.24) is 10.6 Å². The Balaban J connectivity index is 1.74. The van der Waals surface area contributed by atoms with Gasteiger partial charge in [-0.3, -0.25) is 9.59 Å². The van der Waals surface area contributed by atoms with Crippen molar-refractivity contribution in [2.45, 2.75) is 36.7 Å². The van der Waals surface area contributed by atoms with Crippen LogP contribution in [-0.2, 0) is 4.79 Å². The lowest BCUT2D eigenvalue weighted by Crippen LogP contribution is -2.50. The first-order chi connectivity index (χ1) is 16.6. The molecule has 13 heteroatoms. The zero-order chi connectivity index (χ0) is 26.9. The molecule has 194 valence electrons. The number of hydrogen-bond donors (Lipinski definition) is 2. The van der Waals surface area contributed by atoms with Crippen LogP contribution >= 0.6 is 47.8 Å². The smallest absolute Gasteiger partial charge is 0.345 e. The molecule has 36 heavy (non-hydrogen) atoms. The van der Waals surface area contributed by atoms with E-state index in [0.29, 0.717) is 14.5 Å². The summed E-state index contributed by atoms with van der Waals surface area (Å²) in [6.45, 7) is -1.51. The minimum absolute atomic E-state index is 0.0300. The highest BCUT2D eigenvalue weighted by atomic mass is 79.9. The number of halogens is 9. The van der Waals surface area contributed by atoms with E-state index in [1.54, 1.807) is 5.32 Å². The molecule has 1 fully saturated rings. The number of alkyl halides is 6. The lowest BCUT2D eigenvalue weighted by atomic mass is 9.97. The van der Waals surface area contributed by atoms with Gasteiger partial charge in [-0.2, -0.15) is 26.3 Å². The first-order valence-electron chi connectivity index (χ1n) is 10.3. The van der Waals surface area contributed by atoms with Crippen LogP contribution in [0.25, 0.3) is 6.08 Å². The van der Waals surface area contributed by atoms with Gasteiger partial charge in [-0.1, -0.05) is 24.3 Å². The molecule has 0 radical (unpaired) electrons. The predicted molar refractivity (Wildman–Crippen MR) is 132 cm³/mol.